The molecule has 4 aliphatic heterocycles. The maximum atomic E-state index is 15.1. The Morgan fingerprint density at radius 1 is 0.981 bits per heavy atom. The Morgan fingerprint density at radius 2 is 1.65 bits per heavy atom. The number of hydrogen-bond donors (Lipinski definition) is 0. The second kappa shape index (κ2) is 13.2. The Balaban J connectivity index is 1.22. The highest BCUT2D eigenvalue weighted by Crippen LogP contribution is 2.57. The Morgan fingerprint density at radius 3 is 2.22 bits per heavy atom. The fraction of sp³-hybridized carbons (Fsp3) is 0.514. The third-order valence-electron chi connectivity index (χ3n) is 11.3. The van der Waals surface area contributed by atoms with Gasteiger partial charge in [-0.3, -0.25) is 14.4 Å². The van der Waals surface area contributed by atoms with Crippen LogP contribution < -0.4 is 0 Å². The number of nitrogens with zero attached hydrogens (tertiary/aromatic N) is 5. The molecule has 1 saturated carbocycles. The largest absolute Gasteiger partial charge is 0.471 e. The number of hydrogen-bond acceptors (Lipinski definition) is 6. The van der Waals surface area contributed by atoms with Crippen LogP contribution in [0.5, 0.6) is 0 Å². The van der Waals surface area contributed by atoms with Gasteiger partial charge in [0.1, 0.15) is 22.3 Å². The van der Waals surface area contributed by atoms with Crippen LogP contribution in [0.1, 0.15) is 76.1 Å². The smallest absolute Gasteiger partial charge is 0.337 e. The Hall–Kier alpha value is -3.79. The van der Waals surface area contributed by atoms with E-state index in [1.165, 1.54) is 34.1 Å². The van der Waals surface area contributed by atoms with Gasteiger partial charge in [-0.25, -0.2) is 9.38 Å². The number of aliphatic imine (C=N–C) groups is 1. The summed E-state index contributed by atoms with van der Waals surface area (Å²) in [5.41, 5.74) is -1.76. The molecule has 1 spiro atoms. The zero-order chi connectivity index (χ0) is 39.3. The van der Waals surface area contributed by atoms with E-state index in [2.05, 4.69) is 0 Å². The van der Waals surface area contributed by atoms with E-state index >= 15 is 4.39 Å². The molecule has 5 aliphatic rings. The number of piperazine rings is 1. The fourth-order valence-electron chi connectivity index (χ4n) is 8.42. The van der Waals surface area contributed by atoms with Crippen molar-refractivity contribution in [2.45, 2.75) is 94.9 Å². The molecule has 0 aromatic heterocycles. The monoisotopic (exact) mass is 799 g/mol. The lowest BCUT2D eigenvalue weighted by Gasteiger charge is -2.43. The topological polar surface area (TPSA) is 76.5 Å². The normalized spacial score (nSPS) is 26.6. The SMILES string of the molecule is CC(C)C1=C(C(=O)N2[C@H](C)CC[C@H]2C(=O)N2CCN(C(=O)C(F)(F)F)C3(CC3)C2)SC2=N[C@@](C)(c3ccc(C(F)(F)F)cc3)[C@@H](c3ccc(Cl)c(F)c3)N21. The summed E-state index contributed by atoms with van der Waals surface area (Å²) in [6, 6.07) is 6.80. The molecule has 7 rings (SSSR count). The zero-order valence-electron chi connectivity index (χ0n) is 29.7. The number of carbonyl (C=O) groups excluding carboxylic acids is 3. The molecular formula is C37H37ClF7N5O3S. The van der Waals surface area contributed by atoms with E-state index < -0.39 is 64.6 Å². The first-order chi connectivity index (χ1) is 25.2. The van der Waals surface area contributed by atoms with Crippen molar-refractivity contribution in [3.63, 3.8) is 0 Å². The fourth-order valence-corrected chi connectivity index (χ4v) is 9.88. The van der Waals surface area contributed by atoms with Gasteiger partial charge in [-0.05, 0) is 92.6 Å². The number of halogens is 8. The number of rotatable bonds is 5. The molecule has 8 nitrogen and oxygen atoms in total. The number of thioether (sulfide) groups is 1. The molecule has 290 valence electrons. The zero-order valence-corrected chi connectivity index (χ0v) is 31.3. The molecule has 2 saturated heterocycles. The summed E-state index contributed by atoms with van der Waals surface area (Å²) in [6.45, 7) is 6.88. The summed E-state index contributed by atoms with van der Waals surface area (Å²) in [4.78, 5) is 52.0. The summed E-state index contributed by atoms with van der Waals surface area (Å²) in [6.07, 6.45) is -8.08. The third-order valence-corrected chi connectivity index (χ3v) is 12.6. The van der Waals surface area contributed by atoms with Crippen molar-refractivity contribution < 1.29 is 45.1 Å². The number of fused-ring (bicyclic) bond motifs is 1. The molecule has 3 fully saturated rings. The molecule has 4 heterocycles. The van der Waals surface area contributed by atoms with Gasteiger partial charge in [0, 0.05) is 31.4 Å². The summed E-state index contributed by atoms with van der Waals surface area (Å²) in [5.74, 6) is -3.77. The number of carbonyl (C=O) groups is 3. The molecule has 2 aromatic carbocycles. The van der Waals surface area contributed by atoms with Gasteiger partial charge in [-0.15, -0.1) is 0 Å². The van der Waals surface area contributed by atoms with Crippen molar-refractivity contribution >= 4 is 46.3 Å². The van der Waals surface area contributed by atoms with E-state index in [0.717, 1.165) is 28.8 Å². The molecule has 2 aromatic rings. The lowest BCUT2D eigenvalue weighted by atomic mass is 9.80. The third kappa shape index (κ3) is 6.34. The van der Waals surface area contributed by atoms with Crippen molar-refractivity contribution in [2.24, 2.45) is 10.9 Å². The average Bonchev–Trinajstić information content (AvgIpc) is 3.44. The molecule has 4 atom stereocenters. The number of amides is 3. The minimum absolute atomic E-state index is 0.0539. The van der Waals surface area contributed by atoms with Crippen molar-refractivity contribution in [3.05, 3.63) is 80.6 Å². The number of amidine groups is 1. The minimum atomic E-state index is -5.03. The Kier molecular flexibility index (Phi) is 9.38. The van der Waals surface area contributed by atoms with Gasteiger partial charge in [-0.1, -0.05) is 43.6 Å². The van der Waals surface area contributed by atoms with Gasteiger partial charge in [-0.2, -0.15) is 26.3 Å². The number of alkyl halides is 6. The quantitative estimate of drug-likeness (QED) is 0.288. The van der Waals surface area contributed by atoms with Crippen molar-refractivity contribution in [1.29, 1.82) is 0 Å². The molecule has 54 heavy (non-hydrogen) atoms. The molecule has 0 bridgehead atoms. The van der Waals surface area contributed by atoms with E-state index in [1.54, 1.807) is 13.0 Å². The van der Waals surface area contributed by atoms with Crippen LogP contribution in [0, 0.1) is 11.7 Å². The van der Waals surface area contributed by atoms with E-state index in [9.17, 15) is 40.7 Å². The Labute approximate surface area is 316 Å². The number of benzene rings is 2. The molecule has 1 aliphatic carbocycles. The van der Waals surface area contributed by atoms with Crippen LogP contribution in [0.2, 0.25) is 5.02 Å². The molecule has 17 heteroatoms. The first kappa shape index (κ1) is 38.5. The summed E-state index contributed by atoms with van der Waals surface area (Å²) in [5, 5.41) is 0.251. The summed E-state index contributed by atoms with van der Waals surface area (Å²) < 4.78 is 95.7. The average molecular weight is 800 g/mol. The summed E-state index contributed by atoms with van der Waals surface area (Å²) in [7, 11) is 0. The predicted molar refractivity (Wildman–Crippen MR) is 187 cm³/mol. The second-order valence-corrected chi connectivity index (χ2v) is 16.5. The van der Waals surface area contributed by atoms with Crippen LogP contribution in [0.3, 0.4) is 0 Å². The van der Waals surface area contributed by atoms with Gasteiger partial charge in [0.25, 0.3) is 5.91 Å². The van der Waals surface area contributed by atoms with Crippen LogP contribution >= 0.6 is 23.4 Å². The number of likely N-dealkylation sites (tertiary alicyclic amines) is 1. The highest BCUT2D eigenvalue weighted by atomic mass is 35.5. The van der Waals surface area contributed by atoms with E-state index in [1.807, 2.05) is 25.7 Å². The van der Waals surface area contributed by atoms with Crippen LogP contribution in [0.4, 0.5) is 30.7 Å². The van der Waals surface area contributed by atoms with Gasteiger partial charge >= 0.3 is 18.3 Å². The molecule has 0 unspecified atom stereocenters. The lowest BCUT2D eigenvalue weighted by molar-refractivity contribution is -0.191. The molecule has 0 N–H and O–H groups in total. The molecule has 0 radical (unpaired) electrons. The maximum Gasteiger partial charge on any atom is 0.471 e. The lowest BCUT2D eigenvalue weighted by Crippen LogP contribution is -2.62. The van der Waals surface area contributed by atoms with Crippen LogP contribution in [-0.2, 0) is 26.1 Å². The maximum absolute atomic E-state index is 15.1. The van der Waals surface area contributed by atoms with Crippen molar-refractivity contribution in [1.82, 2.24) is 19.6 Å². The van der Waals surface area contributed by atoms with Gasteiger partial charge in [0.2, 0.25) is 5.91 Å². The first-order valence-corrected chi connectivity index (χ1v) is 18.8. The molecular weight excluding hydrogens is 763 g/mol. The Bertz CT molecular complexity index is 1970. The van der Waals surface area contributed by atoms with Crippen LogP contribution in [0.25, 0.3) is 0 Å². The predicted octanol–water partition coefficient (Wildman–Crippen LogP) is 7.89. The molecule has 3 amide bonds. The standard InChI is InChI=1S/C37H37ClF7N5O3S/c1-19(2)27-28(31(52)49-20(3)5-12-26(49)30(51)47-15-16-48(32(53)37(43,44)45)35(18-47)13-14-35)54-33-46-34(4,22-7-9-23(10-8-22)36(40,41)42)29(50(27)33)21-6-11-24(38)25(39)17-21/h6-11,17,19-20,26,29H,5,12-16,18H2,1-4H3/t20-,26+,29-,34+/m1/s1. The highest BCUT2D eigenvalue weighted by Gasteiger charge is 2.60. The van der Waals surface area contributed by atoms with E-state index in [4.69, 9.17) is 16.6 Å². The van der Waals surface area contributed by atoms with Crippen LogP contribution in [0.15, 0.2) is 58.1 Å². The number of allylic oxidation sites excluding steroid dienone is 1. The van der Waals surface area contributed by atoms with E-state index in [-0.39, 0.29) is 36.6 Å². The highest BCUT2D eigenvalue weighted by molar-refractivity contribution is 8.18. The first-order valence-electron chi connectivity index (χ1n) is 17.6. The van der Waals surface area contributed by atoms with Crippen molar-refractivity contribution in [2.75, 3.05) is 19.6 Å². The van der Waals surface area contributed by atoms with Crippen LogP contribution in [-0.4, -0.2) is 85.9 Å². The van der Waals surface area contributed by atoms with E-state index in [0.29, 0.717) is 52.6 Å². The van der Waals surface area contributed by atoms with Gasteiger partial charge in [0.05, 0.1) is 22.2 Å². The van der Waals surface area contributed by atoms with Crippen molar-refractivity contribution in [3.8, 4) is 0 Å². The van der Waals surface area contributed by atoms with Gasteiger partial charge < -0.3 is 19.6 Å². The second-order valence-electron chi connectivity index (χ2n) is 15.1. The van der Waals surface area contributed by atoms with Gasteiger partial charge in [0.15, 0.2) is 5.17 Å². The summed E-state index contributed by atoms with van der Waals surface area (Å²) >= 11 is 7.13. The minimum Gasteiger partial charge on any atom is -0.337 e.